The van der Waals surface area contributed by atoms with E-state index in [1.54, 1.807) is 12.1 Å². The maximum absolute atomic E-state index is 13.1. The quantitative estimate of drug-likeness (QED) is 0.576. The summed E-state index contributed by atoms with van der Waals surface area (Å²) in [5, 5.41) is 7.57. The van der Waals surface area contributed by atoms with Crippen molar-refractivity contribution in [3.05, 3.63) is 48.2 Å². The van der Waals surface area contributed by atoms with Crippen molar-refractivity contribution in [3.8, 4) is 5.75 Å². The van der Waals surface area contributed by atoms with E-state index in [1.807, 2.05) is 32.0 Å². The average molecular weight is 458 g/mol. The molecule has 1 fully saturated rings. The number of rotatable bonds is 7. The molecule has 2 aromatic carbocycles. The fourth-order valence-corrected chi connectivity index (χ4v) is 5.33. The van der Waals surface area contributed by atoms with Gasteiger partial charge in [0.25, 0.3) is 0 Å². The molecule has 3 aromatic rings. The molecule has 4 rings (SSSR count). The van der Waals surface area contributed by atoms with Crippen molar-refractivity contribution >= 4 is 32.6 Å². The van der Waals surface area contributed by atoms with Crippen LogP contribution in [0.2, 0.25) is 0 Å². The molecule has 0 atom stereocenters. The van der Waals surface area contributed by atoms with Crippen molar-refractivity contribution in [2.45, 2.75) is 50.5 Å². The van der Waals surface area contributed by atoms with E-state index in [0.717, 1.165) is 24.6 Å². The van der Waals surface area contributed by atoms with Crippen LogP contribution in [0.1, 0.15) is 38.8 Å². The van der Waals surface area contributed by atoms with Crippen molar-refractivity contribution in [1.82, 2.24) is 9.46 Å². The Morgan fingerprint density at radius 1 is 1.16 bits per heavy atom. The van der Waals surface area contributed by atoms with Crippen molar-refractivity contribution in [2.75, 3.05) is 18.4 Å². The van der Waals surface area contributed by atoms with Gasteiger partial charge in [0.05, 0.1) is 23.1 Å². The zero-order valence-electron chi connectivity index (χ0n) is 18.2. The van der Waals surface area contributed by atoms with Gasteiger partial charge in [-0.3, -0.25) is 4.79 Å². The lowest BCUT2D eigenvalue weighted by Gasteiger charge is -2.26. The first-order valence-electron chi connectivity index (χ1n) is 10.8. The predicted molar refractivity (Wildman–Crippen MR) is 121 cm³/mol. The summed E-state index contributed by atoms with van der Waals surface area (Å²) >= 11 is 0. The van der Waals surface area contributed by atoms with Gasteiger partial charge in [-0.1, -0.05) is 23.7 Å². The predicted octanol–water partition coefficient (Wildman–Crippen LogP) is 3.97. The van der Waals surface area contributed by atoms with E-state index in [2.05, 4.69) is 10.5 Å². The second-order valence-corrected chi connectivity index (χ2v) is 10.1. The Morgan fingerprint density at radius 3 is 2.66 bits per heavy atom. The van der Waals surface area contributed by atoms with E-state index in [-0.39, 0.29) is 23.3 Å². The molecule has 0 radical (unpaired) electrons. The molecule has 1 amide bonds. The molecule has 0 aliphatic carbocycles. The van der Waals surface area contributed by atoms with Gasteiger partial charge >= 0.3 is 0 Å². The third kappa shape index (κ3) is 4.78. The molecular formula is C23H27N3O5S. The highest BCUT2D eigenvalue weighted by Crippen LogP contribution is 2.31. The number of para-hydroxylation sites is 1. The number of nitrogens with zero attached hydrogens (tertiary/aromatic N) is 2. The van der Waals surface area contributed by atoms with Gasteiger partial charge in [0.2, 0.25) is 15.9 Å². The van der Waals surface area contributed by atoms with Gasteiger partial charge in [-0.25, -0.2) is 8.42 Å². The summed E-state index contributed by atoms with van der Waals surface area (Å²) in [6.07, 6.45) is 2.58. The number of fused-ring (bicyclic) bond motifs is 1. The highest BCUT2D eigenvalue weighted by Gasteiger charge is 2.27. The number of nitrogens with one attached hydrogen (secondary N) is 1. The van der Waals surface area contributed by atoms with Crippen LogP contribution in [-0.2, 0) is 21.2 Å². The number of amides is 1. The first-order chi connectivity index (χ1) is 15.3. The summed E-state index contributed by atoms with van der Waals surface area (Å²) < 4.78 is 38.8. The lowest BCUT2D eigenvalue weighted by atomic mass is 10.1. The lowest BCUT2D eigenvalue weighted by Crippen LogP contribution is -2.35. The first kappa shape index (κ1) is 22.3. The van der Waals surface area contributed by atoms with E-state index in [1.165, 1.54) is 16.4 Å². The fourth-order valence-electron chi connectivity index (χ4n) is 3.79. The summed E-state index contributed by atoms with van der Waals surface area (Å²) in [6.45, 7) is 4.75. The standard InChI is InChI=1S/C23H27N3O5S/c1-16(2)30-22-11-10-17(32(28,29)26-12-6-3-7-13-26)14-20(22)24-23(27)15-19-18-8-4-5-9-21(18)31-25-19/h4-5,8-11,14,16H,3,6-7,12-13,15H2,1-2H3,(H,24,27). The van der Waals surface area contributed by atoms with Crippen molar-refractivity contribution in [2.24, 2.45) is 0 Å². The monoisotopic (exact) mass is 457 g/mol. The number of carbonyl (C=O) groups is 1. The number of aromatic nitrogens is 1. The fraction of sp³-hybridized carbons (Fsp3) is 0.391. The van der Waals surface area contributed by atoms with Gasteiger partial charge in [0, 0.05) is 18.5 Å². The molecule has 32 heavy (non-hydrogen) atoms. The summed E-state index contributed by atoms with van der Waals surface area (Å²) in [5.41, 5.74) is 1.44. The molecule has 1 aliphatic heterocycles. The molecule has 170 valence electrons. The number of benzene rings is 2. The Balaban J connectivity index is 1.60. The number of hydrogen-bond donors (Lipinski definition) is 1. The minimum absolute atomic E-state index is 0.0127. The van der Waals surface area contributed by atoms with Crippen molar-refractivity contribution in [3.63, 3.8) is 0 Å². The van der Waals surface area contributed by atoms with Crippen LogP contribution in [0, 0.1) is 0 Å². The number of sulfonamides is 1. The Hall–Kier alpha value is -2.91. The maximum Gasteiger partial charge on any atom is 0.243 e. The summed E-state index contributed by atoms with van der Waals surface area (Å²) in [4.78, 5) is 13.0. The van der Waals surface area contributed by atoms with Crippen LogP contribution in [0.25, 0.3) is 11.0 Å². The molecule has 1 aromatic heterocycles. The average Bonchev–Trinajstić information content (AvgIpc) is 3.18. The zero-order valence-corrected chi connectivity index (χ0v) is 19.0. The molecular weight excluding hydrogens is 430 g/mol. The summed E-state index contributed by atoms with van der Waals surface area (Å²) in [5.74, 6) is 0.0705. The SMILES string of the molecule is CC(C)Oc1ccc(S(=O)(=O)N2CCCCC2)cc1NC(=O)Cc1noc2ccccc12. The molecule has 1 N–H and O–H groups in total. The molecule has 1 aliphatic rings. The molecule has 8 nitrogen and oxygen atoms in total. The Labute approximate surface area is 187 Å². The van der Waals surface area contributed by atoms with Gasteiger partial charge in [-0.05, 0) is 57.0 Å². The normalized spacial score (nSPS) is 15.2. The van der Waals surface area contributed by atoms with Crippen LogP contribution in [0.4, 0.5) is 5.69 Å². The number of anilines is 1. The largest absolute Gasteiger partial charge is 0.489 e. The van der Waals surface area contributed by atoms with E-state index < -0.39 is 10.0 Å². The van der Waals surface area contributed by atoms with Gasteiger partial charge in [-0.2, -0.15) is 4.31 Å². The Morgan fingerprint density at radius 2 is 1.91 bits per heavy atom. The summed E-state index contributed by atoms with van der Waals surface area (Å²) in [6, 6.07) is 11.9. The van der Waals surface area contributed by atoms with Crippen LogP contribution >= 0.6 is 0 Å². The molecule has 0 bridgehead atoms. The topological polar surface area (TPSA) is 102 Å². The van der Waals surface area contributed by atoms with Crippen molar-refractivity contribution in [1.29, 1.82) is 0 Å². The van der Waals surface area contributed by atoms with Gasteiger partial charge < -0.3 is 14.6 Å². The third-order valence-corrected chi connectivity index (χ3v) is 7.22. The number of piperidine rings is 1. The molecule has 0 saturated carbocycles. The van der Waals surface area contributed by atoms with Crippen LogP contribution in [0.5, 0.6) is 5.75 Å². The van der Waals surface area contributed by atoms with Crippen molar-refractivity contribution < 1.29 is 22.5 Å². The maximum atomic E-state index is 13.1. The third-order valence-electron chi connectivity index (χ3n) is 5.32. The molecule has 0 spiro atoms. The Kier molecular flexibility index (Phi) is 6.48. The van der Waals surface area contributed by atoms with Gasteiger partial charge in [-0.15, -0.1) is 0 Å². The molecule has 1 saturated heterocycles. The first-order valence-corrected chi connectivity index (χ1v) is 12.2. The van der Waals surface area contributed by atoms with E-state index in [4.69, 9.17) is 9.26 Å². The van der Waals surface area contributed by atoms with Crippen LogP contribution in [0.3, 0.4) is 0 Å². The smallest absolute Gasteiger partial charge is 0.243 e. The Bertz CT molecular complexity index is 1210. The second kappa shape index (κ2) is 9.30. The number of ether oxygens (including phenoxy) is 1. The van der Waals surface area contributed by atoms with Crippen LogP contribution in [0.15, 0.2) is 51.9 Å². The minimum atomic E-state index is -3.65. The van der Waals surface area contributed by atoms with E-state index in [9.17, 15) is 13.2 Å². The van der Waals surface area contributed by atoms with E-state index >= 15 is 0 Å². The molecule has 9 heteroatoms. The van der Waals surface area contributed by atoms with Crippen LogP contribution < -0.4 is 10.1 Å². The number of carbonyl (C=O) groups excluding carboxylic acids is 1. The zero-order chi connectivity index (χ0) is 22.7. The van der Waals surface area contributed by atoms with Gasteiger partial charge in [0.15, 0.2) is 5.58 Å². The van der Waals surface area contributed by atoms with Gasteiger partial charge in [0.1, 0.15) is 11.4 Å². The second-order valence-electron chi connectivity index (χ2n) is 8.14. The summed E-state index contributed by atoms with van der Waals surface area (Å²) in [7, 11) is -3.65. The highest BCUT2D eigenvalue weighted by molar-refractivity contribution is 7.89. The van der Waals surface area contributed by atoms with Crippen LogP contribution in [-0.4, -0.2) is 43.0 Å². The lowest BCUT2D eigenvalue weighted by molar-refractivity contribution is -0.115. The molecule has 0 unspecified atom stereocenters. The minimum Gasteiger partial charge on any atom is -0.489 e. The highest BCUT2D eigenvalue weighted by atomic mass is 32.2. The molecule has 2 heterocycles. The van der Waals surface area contributed by atoms with E-state index in [0.29, 0.717) is 35.8 Å². The number of hydrogen-bond acceptors (Lipinski definition) is 6.